The van der Waals surface area contributed by atoms with Gasteiger partial charge < -0.3 is 5.32 Å². The minimum atomic E-state index is 0. The van der Waals surface area contributed by atoms with E-state index in [1.165, 1.54) is 0 Å². The smallest absolute Gasteiger partial charge is 0.230 e. The second-order valence-corrected chi connectivity index (χ2v) is 2.42. The first-order chi connectivity index (χ1) is 3.66. The Morgan fingerprint density at radius 1 is 1.67 bits per heavy atom. The Kier molecular flexibility index (Phi) is 8.46. The van der Waals surface area contributed by atoms with E-state index in [0.717, 1.165) is 0 Å². The first-order valence-electron chi connectivity index (χ1n) is 2.52. The molecule has 0 saturated carbocycles. The maximum absolute atomic E-state index is 10.5. The molecule has 0 rings (SSSR count). The number of carbonyl (C=O) groups is 1. The number of carbonyl (C=O) groups excluding carboxylic acids is 1. The first kappa shape index (κ1) is 12.0. The lowest BCUT2D eigenvalue weighted by Crippen LogP contribution is -2.30. The number of halogens is 2. The van der Waals surface area contributed by atoms with Crippen LogP contribution in [0.15, 0.2) is 0 Å². The lowest BCUT2D eigenvalue weighted by atomic mass is 10.4. The van der Waals surface area contributed by atoms with Gasteiger partial charge in [-0.25, -0.2) is 0 Å². The molecule has 0 aliphatic heterocycles. The molecule has 0 spiro atoms. The van der Waals surface area contributed by atoms with Gasteiger partial charge >= 0.3 is 0 Å². The SMILES string of the molecule is CC(C)NC(=O)CBr.Cl. The van der Waals surface area contributed by atoms with Gasteiger partial charge in [0.05, 0.1) is 5.33 Å². The van der Waals surface area contributed by atoms with E-state index in [1.54, 1.807) is 0 Å². The molecule has 4 heteroatoms. The fourth-order valence-corrected chi connectivity index (χ4v) is 0.522. The van der Waals surface area contributed by atoms with Crippen molar-refractivity contribution in [3.63, 3.8) is 0 Å². The Hall–Kier alpha value is 0.240. The van der Waals surface area contributed by atoms with Gasteiger partial charge in [0.1, 0.15) is 0 Å². The Labute approximate surface area is 69.9 Å². The van der Waals surface area contributed by atoms with Gasteiger partial charge in [0.15, 0.2) is 0 Å². The molecule has 0 aromatic heterocycles. The summed E-state index contributed by atoms with van der Waals surface area (Å²) in [6.45, 7) is 3.86. The molecule has 9 heavy (non-hydrogen) atoms. The molecule has 56 valence electrons. The molecule has 0 saturated heterocycles. The third-order valence-electron chi connectivity index (χ3n) is 0.571. The van der Waals surface area contributed by atoms with Crippen LogP contribution < -0.4 is 5.32 Å². The highest BCUT2D eigenvalue weighted by Crippen LogP contribution is 1.81. The van der Waals surface area contributed by atoms with Gasteiger partial charge in [0, 0.05) is 6.04 Å². The Balaban J connectivity index is 0. The van der Waals surface area contributed by atoms with Crippen molar-refractivity contribution in [2.75, 3.05) is 5.33 Å². The van der Waals surface area contributed by atoms with E-state index in [2.05, 4.69) is 21.2 Å². The number of hydrogen-bond donors (Lipinski definition) is 1. The van der Waals surface area contributed by atoms with E-state index in [9.17, 15) is 4.79 Å². The Bertz CT molecular complexity index is 87.0. The van der Waals surface area contributed by atoms with Gasteiger partial charge in [-0.05, 0) is 13.8 Å². The predicted octanol–water partition coefficient (Wildman–Crippen LogP) is 1.33. The van der Waals surface area contributed by atoms with Crippen molar-refractivity contribution >= 4 is 34.2 Å². The minimum Gasteiger partial charge on any atom is -0.353 e. The van der Waals surface area contributed by atoms with Gasteiger partial charge in [0.2, 0.25) is 5.91 Å². The summed E-state index contributed by atoms with van der Waals surface area (Å²) in [5.41, 5.74) is 0. The third kappa shape index (κ3) is 8.24. The van der Waals surface area contributed by atoms with Crippen LogP contribution in [0.3, 0.4) is 0 Å². The van der Waals surface area contributed by atoms with Crippen molar-refractivity contribution in [2.24, 2.45) is 0 Å². The summed E-state index contributed by atoms with van der Waals surface area (Å²) < 4.78 is 0. The monoisotopic (exact) mass is 215 g/mol. The highest BCUT2D eigenvalue weighted by Gasteiger charge is 1.97. The largest absolute Gasteiger partial charge is 0.353 e. The summed E-state index contributed by atoms with van der Waals surface area (Å²) in [4.78, 5) is 10.5. The second-order valence-electron chi connectivity index (χ2n) is 1.86. The number of amides is 1. The topological polar surface area (TPSA) is 29.1 Å². The molecule has 0 aromatic rings. The van der Waals surface area contributed by atoms with Crippen LogP contribution in [0.25, 0.3) is 0 Å². The molecule has 0 radical (unpaired) electrons. The van der Waals surface area contributed by atoms with Crippen LogP contribution in [0.5, 0.6) is 0 Å². The highest BCUT2D eigenvalue weighted by molar-refractivity contribution is 9.09. The van der Waals surface area contributed by atoms with Gasteiger partial charge in [-0.3, -0.25) is 4.79 Å². The van der Waals surface area contributed by atoms with Crippen LogP contribution in [-0.4, -0.2) is 17.3 Å². The molecule has 0 bridgehead atoms. The second kappa shape index (κ2) is 6.36. The first-order valence-corrected chi connectivity index (χ1v) is 3.64. The predicted molar refractivity (Wildman–Crippen MR) is 44.3 cm³/mol. The van der Waals surface area contributed by atoms with Crippen molar-refractivity contribution in [2.45, 2.75) is 19.9 Å². The van der Waals surface area contributed by atoms with Crippen molar-refractivity contribution in [1.82, 2.24) is 5.32 Å². The third-order valence-corrected chi connectivity index (χ3v) is 1.08. The van der Waals surface area contributed by atoms with E-state index in [0.29, 0.717) is 5.33 Å². The van der Waals surface area contributed by atoms with Crippen molar-refractivity contribution < 1.29 is 4.79 Å². The zero-order valence-corrected chi connectivity index (χ0v) is 7.88. The molecule has 2 nitrogen and oxygen atoms in total. The Morgan fingerprint density at radius 3 is 2.22 bits per heavy atom. The number of nitrogens with one attached hydrogen (secondary N) is 1. The summed E-state index contributed by atoms with van der Waals surface area (Å²) in [6.07, 6.45) is 0. The van der Waals surface area contributed by atoms with E-state index >= 15 is 0 Å². The van der Waals surface area contributed by atoms with E-state index in [4.69, 9.17) is 0 Å². The van der Waals surface area contributed by atoms with Crippen LogP contribution in [0.1, 0.15) is 13.8 Å². The number of hydrogen-bond acceptors (Lipinski definition) is 1. The number of alkyl halides is 1. The van der Waals surface area contributed by atoms with Gasteiger partial charge in [-0.2, -0.15) is 0 Å². The molecule has 0 aromatic carbocycles. The molecular weight excluding hydrogens is 205 g/mol. The average Bonchev–Trinajstić information content (AvgIpc) is 1.65. The summed E-state index contributed by atoms with van der Waals surface area (Å²) in [5, 5.41) is 3.10. The maximum Gasteiger partial charge on any atom is 0.230 e. The molecule has 1 amide bonds. The summed E-state index contributed by atoms with van der Waals surface area (Å²) in [5.74, 6) is 0.0417. The highest BCUT2D eigenvalue weighted by atomic mass is 79.9. The normalized spacial score (nSPS) is 8.44. The Morgan fingerprint density at radius 2 is 2.11 bits per heavy atom. The molecule has 0 unspecified atom stereocenters. The van der Waals surface area contributed by atoms with Gasteiger partial charge in [0.25, 0.3) is 0 Å². The van der Waals surface area contributed by atoms with Crippen LogP contribution in [0.4, 0.5) is 0 Å². The van der Waals surface area contributed by atoms with Crippen LogP contribution in [0, 0.1) is 0 Å². The molecule has 0 fully saturated rings. The van der Waals surface area contributed by atoms with Gasteiger partial charge in [-0.1, -0.05) is 15.9 Å². The minimum absolute atomic E-state index is 0. The molecule has 1 N–H and O–H groups in total. The lowest BCUT2D eigenvalue weighted by molar-refractivity contribution is -0.118. The van der Waals surface area contributed by atoms with E-state index in [1.807, 2.05) is 13.8 Å². The van der Waals surface area contributed by atoms with Crippen LogP contribution >= 0.6 is 28.3 Å². The zero-order valence-electron chi connectivity index (χ0n) is 5.48. The molecule has 0 aliphatic carbocycles. The fraction of sp³-hybridized carbons (Fsp3) is 0.800. The molecule has 0 atom stereocenters. The molecular formula is C5H11BrClNO. The molecule has 0 heterocycles. The lowest BCUT2D eigenvalue weighted by Gasteiger charge is -2.04. The summed E-state index contributed by atoms with van der Waals surface area (Å²) in [7, 11) is 0. The molecule has 0 aliphatic rings. The van der Waals surface area contributed by atoms with Crippen molar-refractivity contribution in [3.8, 4) is 0 Å². The van der Waals surface area contributed by atoms with E-state index < -0.39 is 0 Å². The van der Waals surface area contributed by atoms with Crippen LogP contribution in [-0.2, 0) is 4.79 Å². The van der Waals surface area contributed by atoms with Crippen LogP contribution in [0.2, 0.25) is 0 Å². The fourth-order valence-electron chi connectivity index (χ4n) is 0.361. The zero-order chi connectivity index (χ0) is 6.57. The number of rotatable bonds is 2. The standard InChI is InChI=1S/C5H10BrNO.ClH/c1-4(2)7-5(8)3-6;/h4H,3H2,1-2H3,(H,7,8);1H. The summed E-state index contributed by atoms with van der Waals surface area (Å²) in [6, 6.07) is 0.250. The quantitative estimate of drug-likeness (QED) is 0.693. The maximum atomic E-state index is 10.5. The average molecular weight is 217 g/mol. The summed E-state index contributed by atoms with van der Waals surface area (Å²) >= 11 is 3.03. The van der Waals surface area contributed by atoms with E-state index in [-0.39, 0.29) is 24.4 Å². The van der Waals surface area contributed by atoms with Crippen molar-refractivity contribution in [1.29, 1.82) is 0 Å². The van der Waals surface area contributed by atoms with Gasteiger partial charge in [-0.15, -0.1) is 12.4 Å². The van der Waals surface area contributed by atoms with Crippen molar-refractivity contribution in [3.05, 3.63) is 0 Å².